The van der Waals surface area contributed by atoms with Crippen molar-refractivity contribution in [3.63, 3.8) is 0 Å². The van der Waals surface area contributed by atoms with Crippen LogP contribution in [-0.2, 0) is 24.3 Å². The maximum atomic E-state index is 12.8. The first-order chi connectivity index (χ1) is 12.6. The summed E-state index contributed by atoms with van der Waals surface area (Å²) in [5, 5.41) is 3.45. The molecular weight excluding hydrogens is 328 g/mol. The van der Waals surface area contributed by atoms with Gasteiger partial charge in [-0.1, -0.05) is 13.8 Å². The smallest absolute Gasteiger partial charge is 0.242 e. The standard InChI is InChI=1S/C19H26N6O/c1-13(2)19-21-7-9-25(19)12-17(26)24-8-5-15-14(11-24)10-22-18(23-15)16-4-3-6-20-16/h7,9-10,13,16,20H,3-6,8,11-12H2,1-2H3. The Morgan fingerprint density at radius 2 is 2.27 bits per heavy atom. The predicted molar refractivity (Wildman–Crippen MR) is 97.4 cm³/mol. The molecule has 4 rings (SSSR count). The number of fused-ring (bicyclic) bond motifs is 1. The number of nitrogens with zero attached hydrogens (tertiary/aromatic N) is 5. The highest BCUT2D eigenvalue weighted by atomic mass is 16.2. The number of rotatable bonds is 4. The highest BCUT2D eigenvalue weighted by molar-refractivity contribution is 5.76. The summed E-state index contributed by atoms with van der Waals surface area (Å²) in [5.74, 6) is 2.28. The van der Waals surface area contributed by atoms with Gasteiger partial charge >= 0.3 is 0 Å². The van der Waals surface area contributed by atoms with Gasteiger partial charge in [-0.05, 0) is 19.4 Å². The molecule has 0 aromatic carbocycles. The highest BCUT2D eigenvalue weighted by Crippen LogP contribution is 2.23. The minimum absolute atomic E-state index is 0.122. The summed E-state index contributed by atoms with van der Waals surface area (Å²) in [4.78, 5) is 28.4. The van der Waals surface area contributed by atoms with Gasteiger partial charge in [0.05, 0.1) is 11.7 Å². The predicted octanol–water partition coefficient (Wildman–Crippen LogP) is 1.81. The van der Waals surface area contributed by atoms with Crippen LogP contribution in [0.15, 0.2) is 18.6 Å². The Kier molecular flexibility index (Phi) is 4.72. The Balaban J connectivity index is 1.44. The van der Waals surface area contributed by atoms with Crippen LogP contribution < -0.4 is 5.32 Å². The van der Waals surface area contributed by atoms with Crippen LogP contribution in [0.3, 0.4) is 0 Å². The van der Waals surface area contributed by atoms with Crippen molar-refractivity contribution < 1.29 is 4.79 Å². The van der Waals surface area contributed by atoms with E-state index in [0.717, 1.165) is 42.3 Å². The van der Waals surface area contributed by atoms with Crippen LogP contribution >= 0.6 is 0 Å². The molecule has 1 atom stereocenters. The second-order valence-electron chi connectivity index (χ2n) is 7.48. The lowest BCUT2D eigenvalue weighted by atomic mass is 10.1. The van der Waals surface area contributed by atoms with Crippen molar-refractivity contribution in [2.45, 2.75) is 58.2 Å². The molecular formula is C19H26N6O. The highest BCUT2D eigenvalue weighted by Gasteiger charge is 2.25. The van der Waals surface area contributed by atoms with Gasteiger partial charge in [0.1, 0.15) is 18.2 Å². The topological polar surface area (TPSA) is 75.9 Å². The molecule has 4 heterocycles. The molecule has 138 valence electrons. The number of imidazole rings is 1. The second kappa shape index (κ2) is 7.15. The van der Waals surface area contributed by atoms with E-state index in [2.05, 4.69) is 29.1 Å². The number of amides is 1. The number of aromatic nitrogens is 4. The van der Waals surface area contributed by atoms with Gasteiger partial charge in [0, 0.05) is 49.6 Å². The van der Waals surface area contributed by atoms with Crippen molar-refractivity contribution >= 4 is 5.91 Å². The number of carbonyl (C=O) groups excluding carboxylic acids is 1. The summed E-state index contributed by atoms with van der Waals surface area (Å²) >= 11 is 0. The molecule has 26 heavy (non-hydrogen) atoms. The molecule has 1 unspecified atom stereocenters. The quantitative estimate of drug-likeness (QED) is 0.906. The van der Waals surface area contributed by atoms with Crippen LogP contribution in [0.5, 0.6) is 0 Å². The molecule has 2 aliphatic heterocycles. The third-order valence-corrected chi connectivity index (χ3v) is 5.25. The average Bonchev–Trinajstić information content (AvgIpc) is 3.32. The Morgan fingerprint density at radius 1 is 1.38 bits per heavy atom. The molecule has 2 aromatic heterocycles. The fraction of sp³-hybridized carbons (Fsp3) is 0.579. The SMILES string of the molecule is CC(C)c1nccn1CC(=O)N1CCc2nc(C3CCCN3)ncc2C1. The van der Waals surface area contributed by atoms with Gasteiger partial charge in [0.15, 0.2) is 0 Å². The molecule has 2 aromatic rings. The van der Waals surface area contributed by atoms with E-state index in [1.807, 2.05) is 21.9 Å². The van der Waals surface area contributed by atoms with Gasteiger partial charge in [0.25, 0.3) is 0 Å². The maximum absolute atomic E-state index is 12.8. The van der Waals surface area contributed by atoms with Crippen LogP contribution in [-0.4, -0.2) is 43.4 Å². The van der Waals surface area contributed by atoms with Crippen LogP contribution in [0.1, 0.15) is 61.6 Å². The summed E-state index contributed by atoms with van der Waals surface area (Å²) in [6.45, 7) is 6.88. The van der Waals surface area contributed by atoms with E-state index in [0.29, 0.717) is 25.6 Å². The minimum atomic E-state index is 0.122. The van der Waals surface area contributed by atoms with E-state index in [1.165, 1.54) is 6.42 Å². The number of hydrogen-bond donors (Lipinski definition) is 1. The van der Waals surface area contributed by atoms with Gasteiger partial charge in [-0.25, -0.2) is 15.0 Å². The normalized spacial score (nSPS) is 19.8. The Labute approximate surface area is 153 Å². The number of nitrogens with one attached hydrogen (secondary N) is 1. The van der Waals surface area contributed by atoms with E-state index in [9.17, 15) is 4.79 Å². The van der Waals surface area contributed by atoms with Crippen LogP contribution in [0.4, 0.5) is 0 Å². The van der Waals surface area contributed by atoms with E-state index >= 15 is 0 Å². The van der Waals surface area contributed by atoms with E-state index in [4.69, 9.17) is 4.98 Å². The lowest BCUT2D eigenvalue weighted by Crippen LogP contribution is -2.38. The molecule has 0 radical (unpaired) electrons. The van der Waals surface area contributed by atoms with Gasteiger partial charge in [-0.3, -0.25) is 4.79 Å². The lowest BCUT2D eigenvalue weighted by molar-refractivity contribution is -0.132. The Bertz CT molecular complexity index is 793. The third-order valence-electron chi connectivity index (χ3n) is 5.25. The zero-order valence-electron chi connectivity index (χ0n) is 15.5. The van der Waals surface area contributed by atoms with Gasteiger partial charge < -0.3 is 14.8 Å². The zero-order valence-corrected chi connectivity index (χ0v) is 15.5. The summed E-state index contributed by atoms with van der Waals surface area (Å²) in [6.07, 6.45) is 8.64. The fourth-order valence-corrected chi connectivity index (χ4v) is 3.82. The van der Waals surface area contributed by atoms with Crippen molar-refractivity contribution in [3.05, 3.63) is 41.5 Å². The Hall–Kier alpha value is -2.28. The average molecular weight is 354 g/mol. The molecule has 1 saturated heterocycles. The van der Waals surface area contributed by atoms with Crippen molar-refractivity contribution in [3.8, 4) is 0 Å². The fourth-order valence-electron chi connectivity index (χ4n) is 3.82. The first-order valence-corrected chi connectivity index (χ1v) is 9.48. The summed E-state index contributed by atoms with van der Waals surface area (Å²) in [6, 6.07) is 0.288. The molecule has 1 fully saturated rings. The molecule has 7 heteroatoms. The van der Waals surface area contributed by atoms with Gasteiger partial charge in [0.2, 0.25) is 5.91 Å². The minimum Gasteiger partial charge on any atom is -0.336 e. The largest absolute Gasteiger partial charge is 0.336 e. The van der Waals surface area contributed by atoms with Crippen LogP contribution in [0.2, 0.25) is 0 Å². The van der Waals surface area contributed by atoms with Crippen molar-refractivity contribution in [1.29, 1.82) is 0 Å². The van der Waals surface area contributed by atoms with E-state index in [1.54, 1.807) is 6.20 Å². The molecule has 0 aliphatic carbocycles. The molecule has 2 aliphatic rings. The molecule has 1 N–H and O–H groups in total. The molecule has 7 nitrogen and oxygen atoms in total. The summed E-state index contributed by atoms with van der Waals surface area (Å²) in [7, 11) is 0. The Morgan fingerprint density at radius 3 is 3.04 bits per heavy atom. The third kappa shape index (κ3) is 3.35. The van der Waals surface area contributed by atoms with E-state index in [-0.39, 0.29) is 11.9 Å². The van der Waals surface area contributed by atoms with Gasteiger partial charge in [-0.15, -0.1) is 0 Å². The first kappa shape index (κ1) is 17.1. The summed E-state index contributed by atoms with van der Waals surface area (Å²) < 4.78 is 1.95. The first-order valence-electron chi connectivity index (χ1n) is 9.48. The molecule has 0 spiro atoms. The van der Waals surface area contributed by atoms with Crippen molar-refractivity contribution in [1.82, 2.24) is 29.7 Å². The number of carbonyl (C=O) groups is 1. The van der Waals surface area contributed by atoms with Crippen molar-refractivity contribution in [2.24, 2.45) is 0 Å². The van der Waals surface area contributed by atoms with Crippen LogP contribution in [0, 0.1) is 0 Å². The monoisotopic (exact) mass is 354 g/mol. The molecule has 0 saturated carbocycles. The second-order valence-corrected chi connectivity index (χ2v) is 7.48. The van der Waals surface area contributed by atoms with Gasteiger partial charge in [-0.2, -0.15) is 0 Å². The lowest BCUT2D eigenvalue weighted by Gasteiger charge is -2.29. The zero-order chi connectivity index (χ0) is 18.1. The van der Waals surface area contributed by atoms with Crippen LogP contribution in [0.25, 0.3) is 0 Å². The molecule has 1 amide bonds. The maximum Gasteiger partial charge on any atom is 0.242 e. The summed E-state index contributed by atoms with van der Waals surface area (Å²) in [5.41, 5.74) is 2.17. The number of hydrogen-bond acceptors (Lipinski definition) is 5. The van der Waals surface area contributed by atoms with Crippen molar-refractivity contribution in [2.75, 3.05) is 13.1 Å². The van der Waals surface area contributed by atoms with E-state index < -0.39 is 0 Å². The molecule has 0 bridgehead atoms.